The van der Waals surface area contributed by atoms with Crippen LogP contribution in [0, 0.1) is 11.7 Å². The molecule has 2 heterocycles. The van der Waals surface area contributed by atoms with Gasteiger partial charge in [0.2, 0.25) is 5.91 Å². The van der Waals surface area contributed by atoms with Gasteiger partial charge in [-0.2, -0.15) is 0 Å². The van der Waals surface area contributed by atoms with E-state index in [1.165, 1.54) is 12.1 Å². The molecule has 0 atom stereocenters. The van der Waals surface area contributed by atoms with Crippen LogP contribution in [0.3, 0.4) is 0 Å². The maximum absolute atomic E-state index is 13.2. The maximum Gasteiger partial charge on any atom is 0.225 e. The number of fused-ring (bicyclic) bond motifs is 1. The molecule has 0 fully saturated rings. The minimum Gasteiger partial charge on any atom is -0.310 e. The molecule has 1 aromatic carbocycles. The molecule has 5 heteroatoms. The zero-order valence-electron chi connectivity index (χ0n) is 13.1. The summed E-state index contributed by atoms with van der Waals surface area (Å²) in [6, 6.07) is 11.7. The highest BCUT2D eigenvalue weighted by Gasteiger charge is 2.16. The third-order valence-electron chi connectivity index (χ3n) is 3.50. The number of imidazole rings is 1. The van der Waals surface area contributed by atoms with Crippen LogP contribution in [-0.4, -0.2) is 15.3 Å². The Balaban J connectivity index is 2.07. The minimum atomic E-state index is -0.303. The fourth-order valence-corrected chi connectivity index (χ4v) is 2.48. The van der Waals surface area contributed by atoms with Crippen molar-refractivity contribution in [1.82, 2.24) is 9.38 Å². The van der Waals surface area contributed by atoms with E-state index >= 15 is 0 Å². The average molecular weight is 311 g/mol. The van der Waals surface area contributed by atoms with E-state index < -0.39 is 0 Å². The Morgan fingerprint density at radius 2 is 1.96 bits per heavy atom. The van der Waals surface area contributed by atoms with Gasteiger partial charge in [-0.05, 0) is 42.3 Å². The van der Waals surface area contributed by atoms with Crippen molar-refractivity contribution in [2.75, 3.05) is 5.32 Å². The Morgan fingerprint density at radius 1 is 1.22 bits per heavy atom. The van der Waals surface area contributed by atoms with E-state index in [4.69, 9.17) is 0 Å². The zero-order chi connectivity index (χ0) is 16.4. The summed E-state index contributed by atoms with van der Waals surface area (Å²) in [6.45, 7) is 3.99. The summed E-state index contributed by atoms with van der Waals surface area (Å²) < 4.78 is 15.0. The van der Waals surface area contributed by atoms with Gasteiger partial charge in [0.25, 0.3) is 0 Å². The number of pyridine rings is 1. The molecule has 2 aromatic heterocycles. The first kappa shape index (κ1) is 15.2. The summed E-state index contributed by atoms with van der Waals surface area (Å²) in [7, 11) is 0. The summed E-state index contributed by atoms with van der Waals surface area (Å²) in [4.78, 5) is 16.8. The lowest BCUT2D eigenvalue weighted by molar-refractivity contribution is -0.116. The molecule has 118 valence electrons. The number of benzene rings is 1. The second kappa shape index (κ2) is 6.20. The van der Waals surface area contributed by atoms with Crippen LogP contribution >= 0.6 is 0 Å². The number of nitrogens with zero attached hydrogens (tertiary/aromatic N) is 2. The van der Waals surface area contributed by atoms with Gasteiger partial charge < -0.3 is 5.32 Å². The Bertz CT molecular complexity index is 837. The second-order valence-corrected chi connectivity index (χ2v) is 5.89. The Hall–Kier alpha value is -2.69. The van der Waals surface area contributed by atoms with Crippen LogP contribution in [0.15, 0.2) is 48.7 Å². The first-order valence-corrected chi connectivity index (χ1v) is 7.57. The van der Waals surface area contributed by atoms with E-state index in [2.05, 4.69) is 10.3 Å². The van der Waals surface area contributed by atoms with Crippen molar-refractivity contribution in [1.29, 1.82) is 0 Å². The SMILES string of the molecule is CC(C)CC(=O)Nc1c(-c2ccc(F)cc2)nc2ccccn12. The molecule has 0 radical (unpaired) electrons. The fraction of sp³-hybridized carbons (Fsp3) is 0.222. The Morgan fingerprint density at radius 3 is 2.65 bits per heavy atom. The topological polar surface area (TPSA) is 46.4 Å². The molecule has 1 N–H and O–H groups in total. The van der Waals surface area contributed by atoms with Crippen LogP contribution in [0.1, 0.15) is 20.3 Å². The molecule has 0 aliphatic carbocycles. The molecule has 0 bridgehead atoms. The van der Waals surface area contributed by atoms with E-state index in [0.717, 1.165) is 11.2 Å². The van der Waals surface area contributed by atoms with Crippen molar-refractivity contribution < 1.29 is 9.18 Å². The van der Waals surface area contributed by atoms with Gasteiger partial charge >= 0.3 is 0 Å². The van der Waals surface area contributed by atoms with Crippen molar-refractivity contribution >= 4 is 17.4 Å². The van der Waals surface area contributed by atoms with E-state index in [9.17, 15) is 9.18 Å². The summed E-state index contributed by atoms with van der Waals surface area (Å²) in [5.41, 5.74) is 2.12. The number of halogens is 1. The number of hydrogen-bond donors (Lipinski definition) is 1. The highest BCUT2D eigenvalue weighted by molar-refractivity contribution is 5.94. The normalized spacial score (nSPS) is 11.1. The Kier molecular flexibility index (Phi) is 4.10. The predicted octanol–water partition coefficient (Wildman–Crippen LogP) is 4.13. The number of nitrogens with one attached hydrogen (secondary N) is 1. The van der Waals surface area contributed by atoms with Gasteiger partial charge in [0.05, 0.1) is 0 Å². The second-order valence-electron chi connectivity index (χ2n) is 5.89. The number of aromatic nitrogens is 2. The van der Waals surface area contributed by atoms with Crippen molar-refractivity contribution in [3.8, 4) is 11.3 Å². The molecular formula is C18H18FN3O. The largest absolute Gasteiger partial charge is 0.310 e. The molecule has 3 aromatic rings. The molecule has 0 spiro atoms. The maximum atomic E-state index is 13.2. The molecule has 0 saturated carbocycles. The van der Waals surface area contributed by atoms with Crippen LogP contribution in [-0.2, 0) is 4.79 Å². The van der Waals surface area contributed by atoms with Crippen molar-refractivity contribution in [2.45, 2.75) is 20.3 Å². The van der Waals surface area contributed by atoms with Gasteiger partial charge in [-0.15, -0.1) is 0 Å². The van der Waals surface area contributed by atoms with E-state index in [1.54, 1.807) is 12.1 Å². The van der Waals surface area contributed by atoms with E-state index in [1.807, 2.05) is 42.6 Å². The first-order chi connectivity index (χ1) is 11.0. The molecule has 3 rings (SSSR count). The van der Waals surface area contributed by atoms with Gasteiger partial charge in [0, 0.05) is 18.2 Å². The van der Waals surface area contributed by atoms with Crippen LogP contribution in [0.25, 0.3) is 16.9 Å². The van der Waals surface area contributed by atoms with Gasteiger partial charge in [0.15, 0.2) is 0 Å². The van der Waals surface area contributed by atoms with Crippen LogP contribution in [0.2, 0.25) is 0 Å². The van der Waals surface area contributed by atoms with Crippen LogP contribution in [0.5, 0.6) is 0 Å². The Labute approximate surface area is 134 Å². The molecule has 0 unspecified atom stereocenters. The van der Waals surface area contributed by atoms with Crippen molar-refractivity contribution in [3.05, 3.63) is 54.5 Å². The minimum absolute atomic E-state index is 0.0611. The smallest absolute Gasteiger partial charge is 0.225 e. The zero-order valence-corrected chi connectivity index (χ0v) is 13.1. The third kappa shape index (κ3) is 3.23. The quantitative estimate of drug-likeness (QED) is 0.787. The van der Waals surface area contributed by atoms with Crippen LogP contribution in [0.4, 0.5) is 10.2 Å². The molecule has 4 nitrogen and oxygen atoms in total. The molecule has 1 amide bonds. The lowest BCUT2D eigenvalue weighted by Gasteiger charge is -2.09. The number of rotatable bonds is 4. The predicted molar refractivity (Wildman–Crippen MR) is 88.7 cm³/mol. The number of hydrogen-bond acceptors (Lipinski definition) is 2. The van der Waals surface area contributed by atoms with Crippen molar-refractivity contribution in [2.24, 2.45) is 5.92 Å². The summed E-state index contributed by atoms with van der Waals surface area (Å²) >= 11 is 0. The van der Waals surface area contributed by atoms with E-state index in [-0.39, 0.29) is 17.6 Å². The molecule has 0 aliphatic rings. The van der Waals surface area contributed by atoms with E-state index in [0.29, 0.717) is 17.9 Å². The summed E-state index contributed by atoms with van der Waals surface area (Å²) in [5.74, 6) is 0.512. The lowest BCUT2D eigenvalue weighted by Crippen LogP contribution is -2.15. The van der Waals surface area contributed by atoms with Gasteiger partial charge in [-0.3, -0.25) is 9.20 Å². The van der Waals surface area contributed by atoms with Crippen molar-refractivity contribution in [3.63, 3.8) is 0 Å². The number of carbonyl (C=O) groups excluding carboxylic acids is 1. The monoisotopic (exact) mass is 311 g/mol. The van der Waals surface area contributed by atoms with Gasteiger partial charge in [-0.25, -0.2) is 9.37 Å². The number of carbonyl (C=O) groups is 1. The highest BCUT2D eigenvalue weighted by atomic mass is 19.1. The highest BCUT2D eigenvalue weighted by Crippen LogP contribution is 2.29. The number of amides is 1. The fourth-order valence-electron chi connectivity index (χ4n) is 2.48. The molecule has 0 saturated heterocycles. The lowest BCUT2D eigenvalue weighted by atomic mass is 10.1. The van der Waals surface area contributed by atoms with Crippen LogP contribution < -0.4 is 5.32 Å². The summed E-state index contributed by atoms with van der Waals surface area (Å²) in [5, 5.41) is 2.95. The number of anilines is 1. The van der Waals surface area contributed by atoms with Gasteiger partial charge in [0.1, 0.15) is 23.0 Å². The summed E-state index contributed by atoms with van der Waals surface area (Å²) in [6.07, 6.45) is 2.28. The average Bonchev–Trinajstić information content (AvgIpc) is 2.86. The molecule has 23 heavy (non-hydrogen) atoms. The third-order valence-corrected chi connectivity index (χ3v) is 3.50. The standard InChI is InChI=1S/C18H18FN3O/c1-12(2)11-16(23)21-18-17(13-6-8-14(19)9-7-13)20-15-5-3-4-10-22(15)18/h3-10,12H,11H2,1-2H3,(H,21,23). The molecule has 0 aliphatic heterocycles. The molecular weight excluding hydrogens is 293 g/mol. The first-order valence-electron chi connectivity index (χ1n) is 7.57. The van der Waals surface area contributed by atoms with Gasteiger partial charge in [-0.1, -0.05) is 19.9 Å².